The van der Waals surface area contributed by atoms with E-state index in [1.54, 1.807) is 54.5 Å². The van der Waals surface area contributed by atoms with E-state index >= 15 is 0 Å². The van der Waals surface area contributed by atoms with Crippen molar-refractivity contribution in [2.24, 2.45) is 5.41 Å². The topological polar surface area (TPSA) is 129 Å². The lowest BCUT2D eigenvalue weighted by molar-refractivity contribution is -0.147. The highest BCUT2D eigenvalue weighted by atomic mass is 35.5. The molecule has 2 aliphatic rings. The van der Waals surface area contributed by atoms with Crippen LogP contribution in [-0.4, -0.2) is 92.8 Å². The molecule has 44 heavy (non-hydrogen) atoms. The van der Waals surface area contributed by atoms with Gasteiger partial charge in [0.05, 0.1) is 23.5 Å². The molecular formula is C30H35Cl2N5O6S. The van der Waals surface area contributed by atoms with Crippen LogP contribution in [0.25, 0.3) is 10.8 Å². The number of piperidine rings is 1. The summed E-state index contributed by atoms with van der Waals surface area (Å²) in [5.41, 5.74) is 0.0361. The Hall–Kier alpha value is -3.45. The summed E-state index contributed by atoms with van der Waals surface area (Å²) in [5.74, 6) is -1.24. The summed E-state index contributed by atoms with van der Waals surface area (Å²) >= 11 is 6.06. The molecule has 3 heterocycles. The lowest BCUT2D eigenvalue weighted by Gasteiger charge is -2.45. The van der Waals surface area contributed by atoms with Gasteiger partial charge in [-0.25, -0.2) is 8.42 Å². The first kappa shape index (κ1) is 33.4. The van der Waals surface area contributed by atoms with Gasteiger partial charge in [0.2, 0.25) is 21.8 Å². The van der Waals surface area contributed by atoms with Gasteiger partial charge >= 0.3 is 5.97 Å². The van der Waals surface area contributed by atoms with Crippen molar-refractivity contribution in [1.29, 1.82) is 0 Å². The van der Waals surface area contributed by atoms with Crippen LogP contribution in [-0.2, 0) is 29.1 Å². The van der Waals surface area contributed by atoms with E-state index in [0.29, 0.717) is 31.0 Å². The summed E-state index contributed by atoms with van der Waals surface area (Å²) in [6.45, 7) is 2.78. The first-order valence-corrected chi connectivity index (χ1v) is 16.0. The van der Waals surface area contributed by atoms with Crippen LogP contribution in [0.4, 0.5) is 5.69 Å². The Morgan fingerprint density at radius 3 is 2.36 bits per heavy atom. The van der Waals surface area contributed by atoms with Gasteiger partial charge in [-0.05, 0) is 66.9 Å². The molecule has 14 heteroatoms. The first-order valence-electron chi connectivity index (χ1n) is 14.2. The molecule has 0 unspecified atom stereocenters. The molecule has 0 aliphatic carbocycles. The number of aromatic nitrogens is 1. The molecule has 5 rings (SSSR count). The molecule has 1 N–H and O–H groups in total. The predicted octanol–water partition coefficient (Wildman–Crippen LogP) is 3.11. The summed E-state index contributed by atoms with van der Waals surface area (Å²) in [7, 11) is -3.94. The number of sulfonamides is 1. The number of halogens is 2. The SMILES string of the molecule is CCOC(=O)CNC(=O)C1(CN2CCN(S(=O)(=O)c3ccc4cc(Cl)ccc4c3)CC2=O)CCN(c2ccncc2)CC1.Cl. The van der Waals surface area contributed by atoms with Gasteiger partial charge in [0.25, 0.3) is 0 Å². The fourth-order valence-electron chi connectivity index (χ4n) is 5.69. The van der Waals surface area contributed by atoms with Gasteiger partial charge in [-0.1, -0.05) is 23.7 Å². The maximum atomic E-state index is 13.6. The van der Waals surface area contributed by atoms with Crippen molar-refractivity contribution >= 4 is 68.3 Å². The second-order valence-corrected chi connectivity index (χ2v) is 13.1. The predicted molar refractivity (Wildman–Crippen MR) is 169 cm³/mol. The van der Waals surface area contributed by atoms with E-state index in [1.165, 1.54) is 10.4 Å². The molecule has 1 aromatic heterocycles. The maximum Gasteiger partial charge on any atom is 0.325 e. The van der Waals surface area contributed by atoms with Crippen LogP contribution in [0.1, 0.15) is 19.8 Å². The Morgan fingerprint density at radius 1 is 1.00 bits per heavy atom. The number of carbonyl (C=O) groups excluding carboxylic acids is 3. The zero-order chi connectivity index (χ0) is 30.6. The van der Waals surface area contributed by atoms with E-state index in [2.05, 4.69) is 15.2 Å². The lowest BCUT2D eigenvalue weighted by atomic mass is 9.76. The molecule has 0 atom stereocenters. The zero-order valence-electron chi connectivity index (χ0n) is 24.3. The summed E-state index contributed by atoms with van der Waals surface area (Å²) in [5, 5.41) is 4.81. The molecule has 2 fully saturated rings. The van der Waals surface area contributed by atoms with Crippen molar-refractivity contribution in [3.8, 4) is 0 Å². The quantitative estimate of drug-likeness (QED) is 0.346. The Morgan fingerprint density at radius 2 is 1.68 bits per heavy atom. The van der Waals surface area contributed by atoms with Gasteiger partial charge < -0.3 is 19.9 Å². The van der Waals surface area contributed by atoms with Crippen molar-refractivity contribution in [2.45, 2.75) is 24.7 Å². The van der Waals surface area contributed by atoms with Crippen molar-refractivity contribution in [3.63, 3.8) is 0 Å². The second-order valence-electron chi connectivity index (χ2n) is 10.8. The Kier molecular flexibility index (Phi) is 10.7. The van der Waals surface area contributed by atoms with Crippen molar-refractivity contribution in [2.75, 3.05) is 57.3 Å². The molecule has 2 amide bonds. The zero-order valence-corrected chi connectivity index (χ0v) is 26.7. The number of benzene rings is 2. The largest absolute Gasteiger partial charge is 0.465 e. The number of piperazine rings is 1. The maximum absolute atomic E-state index is 13.6. The average Bonchev–Trinajstić information content (AvgIpc) is 3.01. The van der Waals surface area contributed by atoms with Crippen molar-refractivity contribution in [1.82, 2.24) is 19.5 Å². The molecule has 2 aromatic carbocycles. The average molecular weight is 665 g/mol. The molecular weight excluding hydrogens is 629 g/mol. The van der Waals surface area contributed by atoms with E-state index in [9.17, 15) is 22.8 Å². The smallest absolute Gasteiger partial charge is 0.325 e. The van der Waals surface area contributed by atoms with Gasteiger partial charge in [0.1, 0.15) is 6.54 Å². The van der Waals surface area contributed by atoms with Gasteiger partial charge in [0, 0.05) is 55.8 Å². The fraction of sp³-hybridized carbons (Fsp3) is 0.400. The third-order valence-electron chi connectivity index (χ3n) is 8.12. The Bertz CT molecular complexity index is 1620. The second kappa shape index (κ2) is 14.1. The Labute approximate surface area is 267 Å². The number of pyridine rings is 1. The number of esters is 1. The minimum absolute atomic E-state index is 0. The summed E-state index contributed by atoms with van der Waals surface area (Å²) in [4.78, 5) is 46.8. The third kappa shape index (κ3) is 7.26. The highest BCUT2D eigenvalue weighted by Crippen LogP contribution is 2.35. The molecule has 3 aromatic rings. The molecule has 0 saturated carbocycles. The number of hydrogen-bond acceptors (Lipinski definition) is 8. The first-order chi connectivity index (χ1) is 20.6. The highest BCUT2D eigenvalue weighted by Gasteiger charge is 2.45. The van der Waals surface area contributed by atoms with Crippen molar-refractivity contribution < 1.29 is 27.5 Å². The monoisotopic (exact) mass is 663 g/mol. The minimum Gasteiger partial charge on any atom is -0.465 e. The van der Waals surface area contributed by atoms with Crippen LogP contribution in [0.3, 0.4) is 0 Å². The van der Waals surface area contributed by atoms with Crippen LogP contribution in [0.2, 0.25) is 5.02 Å². The van der Waals surface area contributed by atoms with E-state index in [0.717, 1.165) is 16.5 Å². The number of nitrogens with one attached hydrogen (secondary N) is 1. The Balaban J connectivity index is 0.00000442. The number of ether oxygens (including phenoxy) is 1. The van der Waals surface area contributed by atoms with Crippen LogP contribution in [0.5, 0.6) is 0 Å². The number of anilines is 1. The van der Waals surface area contributed by atoms with Gasteiger partial charge in [-0.2, -0.15) is 4.31 Å². The molecule has 0 radical (unpaired) electrons. The van der Waals surface area contributed by atoms with Crippen LogP contribution < -0.4 is 10.2 Å². The summed E-state index contributed by atoms with van der Waals surface area (Å²) in [6, 6.07) is 13.8. The molecule has 236 valence electrons. The molecule has 2 saturated heterocycles. The molecule has 11 nitrogen and oxygen atoms in total. The number of nitrogens with zero attached hydrogens (tertiary/aromatic N) is 4. The summed E-state index contributed by atoms with van der Waals surface area (Å²) < 4.78 is 33.1. The van der Waals surface area contributed by atoms with Gasteiger partial charge in [-0.15, -0.1) is 12.4 Å². The van der Waals surface area contributed by atoms with E-state index in [-0.39, 0.29) is 68.4 Å². The highest BCUT2D eigenvalue weighted by molar-refractivity contribution is 7.89. The van der Waals surface area contributed by atoms with Crippen LogP contribution >= 0.6 is 24.0 Å². The number of carbonyl (C=O) groups is 3. The third-order valence-corrected chi connectivity index (χ3v) is 10.2. The summed E-state index contributed by atoms with van der Waals surface area (Å²) in [6.07, 6.45) is 4.31. The normalized spacial score (nSPS) is 17.2. The van der Waals surface area contributed by atoms with Gasteiger partial charge in [-0.3, -0.25) is 19.4 Å². The van der Waals surface area contributed by atoms with E-state index < -0.39 is 21.4 Å². The standard InChI is InChI=1S/C30H34ClN5O6S.ClH/c1-2-42-28(38)19-33-29(39)30(9-13-34(14-10-30)25-7-11-32-12-8-25)21-35-15-16-36(20-27(35)37)43(40,41)26-6-4-22-17-24(31)5-3-23(22)18-26;/h3-8,11-12,17-18H,2,9-10,13-16,19-21H2,1H3,(H,33,39);1H. The van der Waals surface area contributed by atoms with E-state index in [1.807, 2.05) is 12.1 Å². The number of amides is 2. The molecule has 0 spiro atoms. The minimum atomic E-state index is -3.94. The van der Waals surface area contributed by atoms with Crippen LogP contribution in [0, 0.1) is 5.41 Å². The number of fused-ring (bicyclic) bond motifs is 1. The van der Waals surface area contributed by atoms with Crippen LogP contribution in [0.15, 0.2) is 65.8 Å². The number of hydrogen-bond donors (Lipinski definition) is 1. The fourth-order valence-corrected chi connectivity index (χ4v) is 7.28. The van der Waals surface area contributed by atoms with Crippen molar-refractivity contribution in [3.05, 3.63) is 65.9 Å². The number of rotatable bonds is 9. The molecule has 0 bridgehead atoms. The molecule has 2 aliphatic heterocycles. The van der Waals surface area contributed by atoms with E-state index in [4.69, 9.17) is 16.3 Å². The van der Waals surface area contributed by atoms with Gasteiger partial charge in [0.15, 0.2) is 0 Å². The lowest BCUT2D eigenvalue weighted by Crippen LogP contribution is -2.59.